The fourth-order valence-corrected chi connectivity index (χ4v) is 3.97. The van der Waals surface area contributed by atoms with Crippen molar-refractivity contribution in [1.29, 1.82) is 0 Å². The van der Waals surface area contributed by atoms with Crippen LogP contribution in [0.5, 0.6) is 0 Å². The number of carbonyl (C=O) groups is 2. The molecule has 0 amide bonds. The molecule has 9 heteroatoms. The standard InChI is InChI=1S/C23H20F3N3O3/c1-3-32-22(31)15-5-4-6-16-17(15)20(30)18(21-27-11-12-29(21)2)19(28-16)13-7-9-14(10-8-13)23(24,25)26/h4-12,18-19,28H,3H2,1-2H3. The van der Waals surface area contributed by atoms with Gasteiger partial charge in [0.2, 0.25) is 0 Å². The van der Waals surface area contributed by atoms with Crippen LogP contribution in [0.25, 0.3) is 0 Å². The quantitative estimate of drug-likeness (QED) is 0.590. The van der Waals surface area contributed by atoms with E-state index in [1.165, 1.54) is 18.2 Å². The maximum Gasteiger partial charge on any atom is 0.416 e. The average Bonchev–Trinajstić information content (AvgIpc) is 3.18. The molecule has 2 heterocycles. The number of imidazole rings is 1. The van der Waals surface area contributed by atoms with Crippen LogP contribution in [0.4, 0.5) is 18.9 Å². The summed E-state index contributed by atoms with van der Waals surface area (Å²) in [6, 6.07) is 8.79. The number of halogens is 3. The van der Waals surface area contributed by atoms with E-state index in [0.29, 0.717) is 17.1 Å². The molecule has 32 heavy (non-hydrogen) atoms. The number of fused-ring (bicyclic) bond motifs is 1. The van der Waals surface area contributed by atoms with Crippen molar-refractivity contribution in [1.82, 2.24) is 9.55 Å². The Labute approximate surface area is 182 Å². The van der Waals surface area contributed by atoms with Gasteiger partial charge in [-0.3, -0.25) is 4.79 Å². The SMILES string of the molecule is CCOC(=O)c1cccc2c1C(=O)C(c1nccn1C)C(c1ccc(C(F)(F)F)cc1)N2. The van der Waals surface area contributed by atoms with Crippen molar-refractivity contribution in [3.05, 3.63) is 82.9 Å². The van der Waals surface area contributed by atoms with E-state index >= 15 is 0 Å². The molecule has 0 saturated carbocycles. The topological polar surface area (TPSA) is 73.2 Å². The first-order chi connectivity index (χ1) is 15.2. The highest BCUT2D eigenvalue weighted by atomic mass is 19.4. The highest BCUT2D eigenvalue weighted by Gasteiger charge is 2.42. The number of carbonyl (C=O) groups excluding carboxylic acids is 2. The number of ether oxygens (including phenoxy) is 1. The third-order valence-corrected chi connectivity index (χ3v) is 5.47. The zero-order chi connectivity index (χ0) is 23.0. The summed E-state index contributed by atoms with van der Waals surface area (Å²) < 4.78 is 45.9. The van der Waals surface area contributed by atoms with Crippen LogP contribution < -0.4 is 5.32 Å². The summed E-state index contributed by atoms with van der Waals surface area (Å²) in [6.07, 6.45) is -1.24. The summed E-state index contributed by atoms with van der Waals surface area (Å²) in [5, 5.41) is 3.24. The molecular formula is C23H20F3N3O3. The molecule has 0 radical (unpaired) electrons. The van der Waals surface area contributed by atoms with Crippen molar-refractivity contribution in [3.8, 4) is 0 Å². The van der Waals surface area contributed by atoms with Crippen LogP contribution in [-0.2, 0) is 18.0 Å². The molecule has 4 rings (SSSR count). The van der Waals surface area contributed by atoms with Gasteiger partial charge in [0.05, 0.1) is 29.3 Å². The monoisotopic (exact) mass is 443 g/mol. The highest BCUT2D eigenvalue weighted by Crippen LogP contribution is 2.43. The second kappa shape index (κ2) is 8.14. The number of nitrogens with one attached hydrogen (secondary N) is 1. The number of aromatic nitrogens is 2. The van der Waals surface area contributed by atoms with Gasteiger partial charge in [-0.2, -0.15) is 13.2 Å². The third kappa shape index (κ3) is 3.74. The molecule has 1 aromatic heterocycles. The first-order valence-corrected chi connectivity index (χ1v) is 9.97. The number of hydrogen-bond acceptors (Lipinski definition) is 5. The van der Waals surface area contributed by atoms with Crippen LogP contribution in [0.3, 0.4) is 0 Å². The zero-order valence-corrected chi connectivity index (χ0v) is 17.3. The lowest BCUT2D eigenvalue weighted by Crippen LogP contribution is -2.34. The lowest BCUT2D eigenvalue weighted by atomic mass is 9.80. The first kappa shape index (κ1) is 21.6. The largest absolute Gasteiger partial charge is 0.462 e. The summed E-state index contributed by atoms with van der Waals surface area (Å²) in [7, 11) is 1.73. The lowest BCUT2D eigenvalue weighted by Gasteiger charge is -2.34. The Morgan fingerprint density at radius 2 is 1.91 bits per heavy atom. The Balaban J connectivity index is 1.85. The van der Waals surface area contributed by atoms with Crippen molar-refractivity contribution in [2.45, 2.75) is 25.1 Å². The molecule has 2 atom stereocenters. The van der Waals surface area contributed by atoms with Gasteiger partial charge in [0, 0.05) is 25.1 Å². The van der Waals surface area contributed by atoms with E-state index < -0.39 is 29.7 Å². The minimum atomic E-state index is -4.46. The predicted octanol–water partition coefficient (Wildman–Crippen LogP) is 4.75. The van der Waals surface area contributed by atoms with Gasteiger partial charge in [-0.05, 0) is 36.8 Å². The van der Waals surface area contributed by atoms with Crippen LogP contribution in [0, 0.1) is 0 Å². The van der Waals surface area contributed by atoms with Crippen molar-refractivity contribution in [3.63, 3.8) is 0 Å². The van der Waals surface area contributed by atoms with Gasteiger partial charge in [0.15, 0.2) is 5.78 Å². The minimum absolute atomic E-state index is 0.131. The Bertz CT molecular complexity index is 1170. The number of hydrogen-bond donors (Lipinski definition) is 1. The van der Waals surface area contributed by atoms with E-state index in [0.717, 1.165) is 12.1 Å². The molecule has 6 nitrogen and oxygen atoms in total. The molecule has 1 N–H and O–H groups in total. The Kier molecular flexibility index (Phi) is 5.50. The van der Waals surface area contributed by atoms with Gasteiger partial charge in [-0.25, -0.2) is 9.78 Å². The molecule has 0 saturated heterocycles. The normalized spacial score (nSPS) is 18.1. The summed E-state index contributed by atoms with van der Waals surface area (Å²) in [6.45, 7) is 1.83. The smallest absolute Gasteiger partial charge is 0.416 e. The molecule has 2 aromatic carbocycles. The van der Waals surface area contributed by atoms with Crippen molar-refractivity contribution in [2.24, 2.45) is 7.05 Å². The second-order valence-corrected chi connectivity index (χ2v) is 7.43. The summed E-state index contributed by atoms with van der Waals surface area (Å²) >= 11 is 0. The molecule has 1 aliphatic heterocycles. The van der Waals surface area contributed by atoms with E-state index in [1.54, 1.807) is 43.1 Å². The number of anilines is 1. The van der Waals surface area contributed by atoms with E-state index in [-0.39, 0.29) is 23.5 Å². The number of benzene rings is 2. The van der Waals surface area contributed by atoms with Crippen LogP contribution in [0.15, 0.2) is 54.9 Å². The number of rotatable bonds is 4. The van der Waals surface area contributed by atoms with E-state index in [1.807, 2.05) is 0 Å². The van der Waals surface area contributed by atoms with E-state index in [9.17, 15) is 22.8 Å². The van der Waals surface area contributed by atoms with Crippen LogP contribution in [-0.4, -0.2) is 27.9 Å². The van der Waals surface area contributed by atoms with Crippen molar-refractivity contribution < 1.29 is 27.5 Å². The number of aryl methyl sites for hydroxylation is 1. The Morgan fingerprint density at radius 1 is 1.19 bits per heavy atom. The van der Waals surface area contributed by atoms with Crippen molar-refractivity contribution in [2.75, 3.05) is 11.9 Å². The number of Topliss-reactive ketones (excluding diaryl/α,β-unsaturated/α-hetero) is 1. The maximum absolute atomic E-state index is 13.7. The molecule has 166 valence electrons. The molecule has 3 aromatic rings. The fourth-order valence-electron chi connectivity index (χ4n) is 3.97. The van der Waals surface area contributed by atoms with Gasteiger partial charge < -0.3 is 14.6 Å². The van der Waals surface area contributed by atoms with Crippen LogP contribution in [0.2, 0.25) is 0 Å². The Hall–Kier alpha value is -3.62. The fraction of sp³-hybridized carbons (Fsp3) is 0.261. The molecule has 0 aliphatic carbocycles. The Morgan fingerprint density at radius 3 is 2.50 bits per heavy atom. The van der Waals surface area contributed by atoms with Gasteiger partial charge in [0.25, 0.3) is 0 Å². The summed E-state index contributed by atoms with van der Waals surface area (Å²) in [4.78, 5) is 30.5. The molecule has 0 spiro atoms. The summed E-state index contributed by atoms with van der Waals surface area (Å²) in [5.74, 6) is -1.42. The first-order valence-electron chi connectivity index (χ1n) is 9.97. The average molecular weight is 443 g/mol. The number of nitrogens with zero attached hydrogens (tertiary/aromatic N) is 2. The second-order valence-electron chi connectivity index (χ2n) is 7.43. The predicted molar refractivity (Wildman–Crippen MR) is 110 cm³/mol. The zero-order valence-electron chi connectivity index (χ0n) is 17.3. The van der Waals surface area contributed by atoms with Gasteiger partial charge >= 0.3 is 12.1 Å². The molecule has 1 aliphatic rings. The maximum atomic E-state index is 13.7. The molecule has 0 bridgehead atoms. The third-order valence-electron chi connectivity index (χ3n) is 5.47. The molecular weight excluding hydrogens is 423 g/mol. The van der Waals surface area contributed by atoms with Crippen LogP contribution in [0.1, 0.15) is 56.6 Å². The molecule has 0 fully saturated rings. The minimum Gasteiger partial charge on any atom is -0.462 e. The van der Waals surface area contributed by atoms with Gasteiger partial charge in [0.1, 0.15) is 11.7 Å². The van der Waals surface area contributed by atoms with Gasteiger partial charge in [-0.1, -0.05) is 18.2 Å². The molecule has 2 unspecified atom stereocenters. The lowest BCUT2D eigenvalue weighted by molar-refractivity contribution is -0.137. The number of alkyl halides is 3. The van der Waals surface area contributed by atoms with E-state index in [4.69, 9.17) is 4.74 Å². The number of esters is 1. The highest BCUT2D eigenvalue weighted by molar-refractivity contribution is 6.14. The summed E-state index contributed by atoms with van der Waals surface area (Å²) in [5.41, 5.74) is 0.443. The van der Waals surface area contributed by atoms with E-state index in [2.05, 4.69) is 10.3 Å². The van der Waals surface area contributed by atoms with Gasteiger partial charge in [-0.15, -0.1) is 0 Å². The van der Waals surface area contributed by atoms with Crippen LogP contribution >= 0.6 is 0 Å². The number of ketones is 1. The van der Waals surface area contributed by atoms with Crippen molar-refractivity contribution >= 4 is 17.4 Å².